The molecule has 0 N–H and O–H groups in total. The van der Waals surface area contributed by atoms with E-state index in [1.165, 1.54) is 116 Å². The van der Waals surface area contributed by atoms with Crippen molar-refractivity contribution >= 4 is 17.9 Å². The summed E-state index contributed by atoms with van der Waals surface area (Å²) in [7, 11) is 0. The van der Waals surface area contributed by atoms with Gasteiger partial charge in [-0.15, -0.1) is 0 Å². The molecule has 0 aliphatic rings. The zero-order chi connectivity index (χ0) is 43.0. The number of allylic oxidation sites excluding steroid dienone is 8. The van der Waals surface area contributed by atoms with E-state index in [9.17, 15) is 14.4 Å². The van der Waals surface area contributed by atoms with Gasteiger partial charge in [-0.3, -0.25) is 14.4 Å². The maximum absolute atomic E-state index is 12.8. The van der Waals surface area contributed by atoms with Gasteiger partial charge < -0.3 is 14.2 Å². The van der Waals surface area contributed by atoms with Crippen LogP contribution in [-0.2, 0) is 28.6 Å². The van der Waals surface area contributed by atoms with Gasteiger partial charge in [0.05, 0.1) is 0 Å². The highest BCUT2D eigenvalue weighted by Crippen LogP contribution is 2.15. The van der Waals surface area contributed by atoms with Crippen LogP contribution in [0.25, 0.3) is 0 Å². The van der Waals surface area contributed by atoms with Crippen molar-refractivity contribution in [3.05, 3.63) is 48.6 Å². The minimum atomic E-state index is -0.777. The molecular weight excluding hydrogens is 733 g/mol. The molecule has 0 fully saturated rings. The second-order valence-electron chi connectivity index (χ2n) is 16.7. The summed E-state index contributed by atoms with van der Waals surface area (Å²) in [6.07, 6.45) is 56.6. The van der Waals surface area contributed by atoms with Crippen molar-refractivity contribution in [3.63, 3.8) is 0 Å². The van der Waals surface area contributed by atoms with Gasteiger partial charge in [-0.1, -0.05) is 223 Å². The van der Waals surface area contributed by atoms with Gasteiger partial charge in [0.25, 0.3) is 0 Å². The molecule has 6 nitrogen and oxygen atoms in total. The van der Waals surface area contributed by atoms with E-state index in [4.69, 9.17) is 14.2 Å². The van der Waals surface area contributed by atoms with Gasteiger partial charge in [-0.2, -0.15) is 0 Å². The van der Waals surface area contributed by atoms with Crippen LogP contribution in [0.15, 0.2) is 48.6 Å². The molecule has 0 aliphatic heterocycles. The average Bonchev–Trinajstić information content (AvgIpc) is 3.23. The Labute approximate surface area is 365 Å². The van der Waals surface area contributed by atoms with E-state index in [1.807, 2.05) is 0 Å². The van der Waals surface area contributed by atoms with E-state index in [0.717, 1.165) is 96.3 Å². The van der Waals surface area contributed by atoms with Crippen LogP contribution in [0.3, 0.4) is 0 Å². The molecule has 0 aromatic heterocycles. The Kier molecular flexibility index (Phi) is 45.9. The number of ether oxygens (including phenoxy) is 3. The first-order valence-corrected chi connectivity index (χ1v) is 25.1. The SMILES string of the molecule is CC/C=C\C/C=C\C/C=C\C/C=C\CCCCCCC(=O)OC[C@H](COC(=O)CCCCCCCCCCCCCC)OC(=O)CCCCCCCCCCCCCC. The van der Waals surface area contributed by atoms with Crippen molar-refractivity contribution in [2.24, 2.45) is 0 Å². The smallest absolute Gasteiger partial charge is 0.306 e. The third kappa shape index (κ3) is 46.3. The Bertz CT molecular complexity index is 1040. The quantitative estimate of drug-likeness (QED) is 0.0263. The zero-order valence-electron chi connectivity index (χ0n) is 39.0. The lowest BCUT2D eigenvalue weighted by atomic mass is 10.0. The highest BCUT2D eigenvalue weighted by atomic mass is 16.6. The molecule has 0 aromatic rings. The van der Waals surface area contributed by atoms with Gasteiger partial charge in [0.2, 0.25) is 0 Å². The van der Waals surface area contributed by atoms with Gasteiger partial charge in [0.15, 0.2) is 6.10 Å². The topological polar surface area (TPSA) is 78.9 Å². The molecule has 0 unspecified atom stereocenters. The van der Waals surface area contributed by atoms with Crippen LogP contribution in [0.4, 0.5) is 0 Å². The predicted molar refractivity (Wildman–Crippen MR) is 252 cm³/mol. The summed E-state index contributed by atoms with van der Waals surface area (Å²) in [5.74, 6) is -0.895. The monoisotopic (exact) mass is 827 g/mol. The summed E-state index contributed by atoms with van der Waals surface area (Å²) in [5.41, 5.74) is 0. The molecule has 0 spiro atoms. The fraction of sp³-hybridized carbons (Fsp3) is 0.792. The average molecular weight is 827 g/mol. The lowest BCUT2D eigenvalue weighted by Gasteiger charge is -2.18. The number of rotatable bonds is 45. The Balaban J connectivity index is 4.38. The van der Waals surface area contributed by atoms with Crippen molar-refractivity contribution < 1.29 is 28.6 Å². The highest BCUT2D eigenvalue weighted by Gasteiger charge is 2.19. The van der Waals surface area contributed by atoms with Crippen LogP contribution < -0.4 is 0 Å². The zero-order valence-corrected chi connectivity index (χ0v) is 39.0. The van der Waals surface area contributed by atoms with Gasteiger partial charge >= 0.3 is 17.9 Å². The van der Waals surface area contributed by atoms with Crippen molar-refractivity contribution in [2.75, 3.05) is 13.2 Å². The number of carbonyl (C=O) groups excluding carboxylic acids is 3. The minimum Gasteiger partial charge on any atom is -0.462 e. The summed E-state index contributed by atoms with van der Waals surface area (Å²) in [4.78, 5) is 37.9. The summed E-state index contributed by atoms with van der Waals surface area (Å²) >= 11 is 0. The molecule has 59 heavy (non-hydrogen) atoms. The Morgan fingerprint density at radius 1 is 0.356 bits per heavy atom. The van der Waals surface area contributed by atoms with E-state index in [-0.39, 0.29) is 31.1 Å². The van der Waals surface area contributed by atoms with Crippen LogP contribution in [0.5, 0.6) is 0 Å². The Hall–Kier alpha value is -2.63. The van der Waals surface area contributed by atoms with Gasteiger partial charge in [-0.05, 0) is 57.8 Å². The molecule has 342 valence electrons. The highest BCUT2D eigenvalue weighted by molar-refractivity contribution is 5.71. The molecule has 0 aromatic carbocycles. The number of hydrogen-bond acceptors (Lipinski definition) is 6. The van der Waals surface area contributed by atoms with E-state index in [2.05, 4.69) is 69.4 Å². The first kappa shape index (κ1) is 56.4. The van der Waals surface area contributed by atoms with Crippen molar-refractivity contribution in [1.29, 1.82) is 0 Å². The van der Waals surface area contributed by atoms with Gasteiger partial charge in [0.1, 0.15) is 13.2 Å². The molecule has 0 radical (unpaired) electrons. The van der Waals surface area contributed by atoms with Crippen molar-refractivity contribution in [1.82, 2.24) is 0 Å². The first-order chi connectivity index (χ1) is 29.0. The molecule has 0 rings (SSSR count). The first-order valence-electron chi connectivity index (χ1n) is 25.1. The lowest BCUT2D eigenvalue weighted by molar-refractivity contribution is -0.167. The number of unbranched alkanes of at least 4 members (excludes halogenated alkanes) is 26. The van der Waals surface area contributed by atoms with E-state index < -0.39 is 6.10 Å². The molecule has 0 aliphatic carbocycles. The predicted octanol–water partition coefficient (Wildman–Crippen LogP) is 16.3. The summed E-state index contributed by atoms with van der Waals surface area (Å²) in [6.45, 7) is 6.51. The van der Waals surface area contributed by atoms with E-state index in [1.54, 1.807) is 0 Å². The van der Waals surface area contributed by atoms with Gasteiger partial charge in [0, 0.05) is 19.3 Å². The van der Waals surface area contributed by atoms with E-state index in [0.29, 0.717) is 19.3 Å². The minimum absolute atomic E-state index is 0.0775. The lowest BCUT2D eigenvalue weighted by Crippen LogP contribution is -2.30. The van der Waals surface area contributed by atoms with Crippen LogP contribution in [0, 0.1) is 0 Å². The Morgan fingerprint density at radius 3 is 1.03 bits per heavy atom. The van der Waals surface area contributed by atoms with Crippen LogP contribution in [0.1, 0.15) is 252 Å². The molecule has 0 saturated heterocycles. The molecule has 1 atom stereocenters. The fourth-order valence-electron chi connectivity index (χ4n) is 7.08. The summed E-state index contributed by atoms with van der Waals surface area (Å²) < 4.78 is 16.8. The second-order valence-corrected chi connectivity index (χ2v) is 16.7. The van der Waals surface area contributed by atoms with Gasteiger partial charge in [-0.25, -0.2) is 0 Å². The number of esters is 3. The molecule has 6 heteroatoms. The summed E-state index contributed by atoms with van der Waals surface area (Å²) in [5, 5.41) is 0. The largest absolute Gasteiger partial charge is 0.462 e. The molecule has 0 amide bonds. The maximum Gasteiger partial charge on any atom is 0.306 e. The standard InChI is InChI=1S/C53H94O6/c1-4-7-10-13-16-19-22-25-26-27-28-29-32-34-37-40-43-46-52(55)58-49-50(59-53(56)47-44-41-38-35-31-24-21-18-15-12-9-6-3)48-57-51(54)45-42-39-36-33-30-23-20-17-14-11-8-5-2/h7,10,16,19,25-26,28-29,50H,4-6,8-9,11-15,17-18,20-24,27,30-49H2,1-3H3/b10-7-,19-16-,26-25-,29-28-/t50-/m0/s1. The number of carbonyl (C=O) groups is 3. The van der Waals surface area contributed by atoms with Crippen LogP contribution in [-0.4, -0.2) is 37.2 Å². The van der Waals surface area contributed by atoms with Crippen LogP contribution in [0.2, 0.25) is 0 Å². The molecular formula is C53H94O6. The third-order valence-corrected chi connectivity index (χ3v) is 10.8. The molecule has 0 saturated carbocycles. The Morgan fingerprint density at radius 2 is 0.661 bits per heavy atom. The third-order valence-electron chi connectivity index (χ3n) is 10.8. The normalized spacial score (nSPS) is 12.4. The van der Waals surface area contributed by atoms with Crippen molar-refractivity contribution in [2.45, 2.75) is 258 Å². The summed E-state index contributed by atoms with van der Waals surface area (Å²) in [6, 6.07) is 0. The fourth-order valence-corrected chi connectivity index (χ4v) is 7.08. The van der Waals surface area contributed by atoms with E-state index >= 15 is 0 Å². The molecule has 0 heterocycles. The van der Waals surface area contributed by atoms with Crippen molar-refractivity contribution in [3.8, 4) is 0 Å². The molecule has 0 bridgehead atoms. The van der Waals surface area contributed by atoms with Crippen LogP contribution >= 0.6 is 0 Å². The maximum atomic E-state index is 12.8. The second kappa shape index (κ2) is 48.0. The number of hydrogen-bond donors (Lipinski definition) is 0.